The zero-order valence-electron chi connectivity index (χ0n) is 9.44. The van der Waals surface area contributed by atoms with Crippen molar-refractivity contribution in [1.29, 1.82) is 0 Å². The number of ether oxygens (including phenoxy) is 1. The number of hydrogen-bond donors (Lipinski definition) is 1. The zero-order valence-corrected chi connectivity index (χ0v) is 9.44. The summed E-state index contributed by atoms with van der Waals surface area (Å²) in [5.74, 6) is -20.5. The summed E-state index contributed by atoms with van der Waals surface area (Å²) in [6.07, 6.45) is 0. The number of rotatable bonds is 3. The molecule has 1 rings (SSSR count). The van der Waals surface area contributed by atoms with Crippen LogP contribution in [-0.4, -0.2) is 24.2 Å². The van der Waals surface area contributed by atoms with Crippen molar-refractivity contribution >= 4 is 11.9 Å². The second-order valence-corrected chi connectivity index (χ2v) is 3.38. The van der Waals surface area contributed by atoms with Crippen molar-refractivity contribution in [3.63, 3.8) is 0 Å². The monoisotopic (exact) mass is 302 g/mol. The molecule has 0 radical (unpaired) electrons. The van der Waals surface area contributed by atoms with Crippen molar-refractivity contribution in [3.05, 3.63) is 34.4 Å². The Morgan fingerprint density at radius 2 is 1.45 bits per heavy atom. The third kappa shape index (κ3) is 2.17. The number of hydrogen-bond acceptors (Lipinski definition) is 3. The minimum atomic E-state index is -5.03. The van der Waals surface area contributed by atoms with Gasteiger partial charge in [0, 0.05) is 0 Å². The molecule has 1 N–H and O–H groups in total. The molecule has 0 aliphatic heterocycles. The van der Waals surface area contributed by atoms with E-state index in [2.05, 4.69) is 4.74 Å². The van der Waals surface area contributed by atoms with Crippen molar-refractivity contribution in [3.8, 4) is 0 Å². The summed E-state index contributed by atoms with van der Waals surface area (Å²) in [5.41, 5.74) is -4.65. The van der Waals surface area contributed by atoms with Gasteiger partial charge in [-0.3, -0.25) is 0 Å². The molecule has 0 aliphatic carbocycles. The number of benzene rings is 1. The van der Waals surface area contributed by atoms with E-state index in [0.29, 0.717) is 7.11 Å². The number of halogens is 6. The van der Waals surface area contributed by atoms with Crippen molar-refractivity contribution in [2.45, 2.75) is 5.92 Å². The van der Waals surface area contributed by atoms with Gasteiger partial charge in [0.25, 0.3) is 0 Å². The molecule has 0 fully saturated rings. The van der Waals surface area contributed by atoms with Crippen LogP contribution in [0, 0.1) is 23.3 Å². The van der Waals surface area contributed by atoms with Gasteiger partial charge in [0.15, 0.2) is 23.3 Å². The summed E-state index contributed by atoms with van der Waals surface area (Å²) in [5, 5.41) is 8.52. The van der Waals surface area contributed by atoms with Gasteiger partial charge in [-0.1, -0.05) is 0 Å². The Bertz CT molecular complexity index is 598. The first-order chi connectivity index (χ1) is 9.07. The molecule has 10 heteroatoms. The first-order valence-corrected chi connectivity index (χ1v) is 4.63. The molecule has 1 aromatic carbocycles. The van der Waals surface area contributed by atoms with E-state index in [0.717, 1.165) is 0 Å². The highest BCUT2D eigenvalue weighted by Crippen LogP contribution is 2.37. The molecule has 0 amide bonds. The van der Waals surface area contributed by atoms with E-state index in [-0.39, 0.29) is 0 Å². The Kier molecular flexibility index (Phi) is 3.97. The van der Waals surface area contributed by atoms with Crippen molar-refractivity contribution in [2.24, 2.45) is 0 Å². The quantitative estimate of drug-likeness (QED) is 0.402. The molecule has 1 aromatic rings. The third-order valence-electron chi connectivity index (χ3n) is 2.24. The summed E-state index contributed by atoms with van der Waals surface area (Å²) in [6.45, 7) is 0. The van der Waals surface area contributed by atoms with Crippen LogP contribution in [0.4, 0.5) is 26.3 Å². The summed E-state index contributed by atoms with van der Waals surface area (Å²) >= 11 is 0. The molecule has 0 bridgehead atoms. The Morgan fingerprint density at radius 3 is 1.85 bits per heavy atom. The Balaban J connectivity index is 3.87. The standard InChI is InChI=1S/C10H4F6O4/c1-20-9(19)10(15,16)3-2(8(17)18)4(11)6(13)7(14)5(3)12/h1H3,(H,17,18). The maximum Gasteiger partial charge on any atom is 0.381 e. The van der Waals surface area contributed by atoms with Crippen LogP contribution < -0.4 is 0 Å². The van der Waals surface area contributed by atoms with Gasteiger partial charge in [0.1, 0.15) is 5.56 Å². The first-order valence-electron chi connectivity index (χ1n) is 4.63. The van der Waals surface area contributed by atoms with Crippen LogP contribution in [0.5, 0.6) is 0 Å². The predicted molar refractivity (Wildman–Crippen MR) is 49.1 cm³/mol. The lowest BCUT2D eigenvalue weighted by molar-refractivity contribution is -0.170. The van der Waals surface area contributed by atoms with Crippen LogP contribution in [0.1, 0.15) is 15.9 Å². The molecule has 4 nitrogen and oxygen atoms in total. The van der Waals surface area contributed by atoms with Crippen molar-refractivity contribution in [1.82, 2.24) is 0 Å². The Labute approximate surface area is 106 Å². The minimum Gasteiger partial charge on any atom is -0.478 e. The summed E-state index contributed by atoms with van der Waals surface area (Å²) in [7, 11) is 0.449. The lowest BCUT2D eigenvalue weighted by Crippen LogP contribution is -2.32. The van der Waals surface area contributed by atoms with E-state index in [1.165, 1.54) is 0 Å². The highest BCUT2D eigenvalue weighted by molar-refractivity contribution is 5.93. The van der Waals surface area contributed by atoms with Gasteiger partial charge in [-0.15, -0.1) is 0 Å². The van der Waals surface area contributed by atoms with Crippen molar-refractivity contribution < 1.29 is 45.8 Å². The van der Waals surface area contributed by atoms with Crippen LogP contribution in [0.15, 0.2) is 0 Å². The van der Waals surface area contributed by atoms with Crippen LogP contribution in [0.2, 0.25) is 0 Å². The normalized spacial score (nSPS) is 11.3. The molecular formula is C10H4F6O4. The molecule has 0 saturated heterocycles. The molecular weight excluding hydrogens is 298 g/mol. The summed E-state index contributed by atoms with van der Waals surface area (Å²) in [6, 6.07) is 0. The lowest BCUT2D eigenvalue weighted by atomic mass is 9.99. The number of esters is 1. The number of aromatic carboxylic acids is 1. The smallest absolute Gasteiger partial charge is 0.381 e. The van der Waals surface area contributed by atoms with Gasteiger partial charge >= 0.3 is 17.9 Å². The predicted octanol–water partition coefficient (Wildman–Crippen LogP) is 2.21. The Hall–Kier alpha value is -2.26. The number of carboxylic acids is 1. The van der Waals surface area contributed by atoms with Crippen LogP contribution >= 0.6 is 0 Å². The number of carboxylic acid groups (broad SMARTS) is 1. The summed E-state index contributed by atoms with van der Waals surface area (Å²) in [4.78, 5) is 21.4. The highest BCUT2D eigenvalue weighted by Gasteiger charge is 2.50. The van der Waals surface area contributed by atoms with Gasteiger partial charge in [-0.25, -0.2) is 27.2 Å². The number of carbonyl (C=O) groups is 2. The van der Waals surface area contributed by atoms with E-state index in [1.54, 1.807) is 0 Å². The second kappa shape index (κ2) is 5.02. The van der Waals surface area contributed by atoms with Crippen LogP contribution in [0.25, 0.3) is 0 Å². The minimum absolute atomic E-state index is 0.449. The number of methoxy groups -OCH3 is 1. The highest BCUT2D eigenvalue weighted by atomic mass is 19.3. The van der Waals surface area contributed by atoms with Crippen LogP contribution in [-0.2, 0) is 15.5 Å². The molecule has 20 heavy (non-hydrogen) atoms. The van der Waals surface area contributed by atoms with Gasteiger partial charge in [0.2, 0.25) is 0 Å². The maximum atomic E-state index is 13.5. The van der Waals surface area contributed by atoms with E-state index >= 15 is 0 Å². The molecule has 0 aromatic heterocycles. The molecule has 0 aliphatic rings. The molecule has 110 valence electrons. The first kappa shape index (κ1) is 15.8. The molecule has 0 saturated carbocycles. The van der Waals surface area contributed by atoms with Crippen molar-refractivity contribution in [2.75, 3.05) is 7.11 Å². The molecule has 0 atom stereocenters. The Morgan fingerprint density at radius 1 is 1.00 bits per heavy atom. The molecule has 0 heterocycles. The summed E-state index contributed by atoms with van der Waals surface area (Å²) < 4.78 is 82.9. The topological polar surface area (TPSA) is 63.6 Å². The van der Waals surface area contributed by atoms with Gasteiger partial charge < -0.3 is 9.84 Å². The largest absolute Gasteiger partial charge is 0.478 e. The number of carbonyl (C=O) groups excluding carboxylic acids is 1. The average molecular weight is 302 g/mol. The number of alkyl halides is 2. The lowest BCUT2D eigenvalue weighted by Gasteiger charge is -2.18. The van der Waals surface area contributed by atoms with Gasteiger partial charge in [0.05, 0.1) is 12.7 Å². The van der Waals surface area contributed by atoms with E-state index < -0.39 is 52.3 Å². The molecule has 0 spiro atoms. The van der Waals surface area contributed by atoms with Gasteiger partial charge in [-0.05, 0) is 0 Å². The fourth-order valence-electron chi connectivity index (χ4n) is 1.36. The van der Waals surface area contributed by atoms with E-state index in [4.69, 9.17) is 5.11 Å². The second-order valence-electron chi connectivity index (χ2n) is 3.38. The van der Waals surface area contributed by atoms with Gasteiger partial charge in [-0.2, -0.15) is 8.78 Å². The molecule has 0 unspecified atom stereocenters. The fourth-order valence-corrected chi connectivity index (χ4v) is 1.36. The third-order valence-corrected chi connectivity index (χ3v) is 2.24. The average Bonchev–Trinajstić information content (AvgIpc) is 2.38. The maximum absolute atomic E-state index is 13.5. The SMILES string of the molecule is COC(=O)C(F)(F)c1c(F)c(F)c(F)c(F)c1C(=O)O. The fraction of sp³-hybridized carbons (Fsp3) is 0.200. The van der Waals surface area contributed by atoms with E-state index in [9.17, 15) is 35.9 Å². The van der Waals surface area contributed by atoms with Crippen LogP contribution in [0.3, 0.4) is 0 Å². The zero-order chi connectivity index (χ0) is 15.8. The van der Waals surface area contributed by atoms with E-state index in [1.807, 2.05) is 0 Å².